The van der Waals surface area contributed by atoms with Crippen LogP contribution in [0.1, 0.15) is 39.5 Å². The van der Waals surface area contributed by atoms with Gasteiger partial charge in [0.25, 0.3) is 0 Å². The molecular weight excluding hydrogens is 351 g/mol. The number of hydrogen-bond acceptors (Lipinski definition) is 3. The van der Waals surface area contributed by atoms with E-state index in [0.29, 0.717) is 27.2 Å². The molecule has 0 heterocycles. The number of nitrogens with one attached hydrogen (secondary N) is 2. The van der Waals surface area contributed by atoms with E-state index in [0.717, 1.165) is 25.3 Å². The van der Waals surface area contributed by atoms with Crippen molar-refractivity contribution in [2.75, 3.05) is 23.0 Å². The standard InChI is InChI=1S/C15H30IN2O/c1-11-9-13(5-6-14(11)15(19)17-4)10-18-12(2)7-8-16-3/h12-13,15,17-19H,5-10H2,1-4H3/q-1/t12-,13+,15?/m1/s1. The van der Waals surface area contributed by atoms with Crippen LogP contribution in [0, 0.1) is 5.92 Å². The third-order valence-corrected chi connectivity index (χ3v) is 5.76. The first kappa shape index (κ1) is 17.4. The second-order valence-corrected chi connectivity index (χ2v) is 8.26. The minimum absolute atomic E-state index is 0.442. The topological polar surface area (TPSA) is 44.3 Å². The van der Waals surface area contributed by atoms with E-state index in [1.165, 1.54) is 28.4 Å². The van der Waals surface area contributed by atoms with Gasteiger partial charge in [-0.1, -0.05) is 0 Å². The van der Waals surface area contributed by atoms with E-state index in [2.05, 4.69) is 29.4 Å². The Morgan fingerprint density at radius 3 is 2.79 bits per heavy atom. The Bertz CT molecular complexity index is 294. The fourth-order valence-corrected chi connectivity index (χ4v) is 4.26. The molecule has 1 aliphatic rings. The zero-order valence-electron chi connectivity index (χ0n) is 12.8. The summed E-state index contributed by atoms with van der Waals surface area (Å²) in [6.45, 7) is 5.61. The molecule has 1 aliphatic carbocycles. The molecule has 114 valence electrons. The number of aliphatic hydroxyl groups is 1. The van der Waals surface area contributed by atoms with Crippen LogP contribution in [-0.4, -0.2) is 40.3 Å². The van der Waals surface area contributed by atoms with Gasteiger partial charge in [0.05, 0.1) is 0 Å². The Kier molecular flexibility index (Phi) is 8.53. The van der Waals surface area contributed by atoms with Gasteiger partial charge in [-0.05, 0) is 0 Å². The quantitative estimate of drug-likeness (QED) is 0.213. The first-order valence-electron chi connectivity index (χ1n) is 7.29. The van der Waals surface area contributed by atoms with E-state index in [-0.39, 0.29) is 0 Å². The molecule has 0 aromatic carbocycles. The van der Waals surface area contributed by atoms with Gasteiger partial charge in [0.1, 0.15) is 0 Å². The number of alkyl halides is 2. The van der Waals surface area contributed by atoms with Crippen LogP contribution in [-0.2, 0) is 0 Å². The van der Waals surface area contributed by atoms with E-state index >= 15 is 0 Å². The van der Waals surface area contributed by atoms with Crippen molar-refractivity contribution in [2.45, 2.75) is 51.8 Å². The summed E-state index contributed by atoms with van der Waals surface area (Å²) in [5, 5.41) is 16.5. The van der Waals surface area contributed by atoms with Crippen molar-refractivity contribution in [3.63, 3.8) is 0 Å². The molecule has 0 radical (unpaired) electrons. The first-order valence-corrected chi connectivity index (χ1v) is 11.0. The Balaban J connectivity index is 2.34. The second kappa shape index (κ2) is 9.32. The predicted octanol–water partition coefficient (Wildman–Crippen LogP) is -1.27. The number of allylic oxidation sites excluding steroid dienone is 1. The summed E-state index contributed by atoms with van der Waals surface area (Å²) in [6, 6.07) is 0.660. The summed E-state index contributed by atoms with van der Waals surface area (Å²) < 4.78 is 1.43. The molecule has 0 aromatic rings. The van der Waals surface area contributed by atoms with E-state index < -0.39 is 6.23 Å². The summed E-state index contributed by atoms with van der Waals surface area (Å²) in [5.74, 6) is 0.742. The van der Waals surface area contributed by atoms with Crippen LogP contribution in [0.3, 0.4) is 0 Å². The molecule has 3 nitrogen and oxygen atoms in total. The van der Waals surface area contributed by atoms with E-state index in [1.807, 2.05) is 7.05 Å². The van der Waals surface area contributed by atoms with Gasteiger partial charge >= 0.3 is 129 Å². The summed E-state index contributed by atoms with van der Waals surface area (Å²) in [6.07, 6.45) is 4.26. The van der Waals surface area contributed by atoms with Gasteiger partial charge in [0.15, 0.2) is 0 Å². The van der Waals surface area contributed by atoms with Crippen molar-refractivity contribution in [1.29, 1.82) is 0 Å². The van der Waals surface area contributed by atoms with Gasteiger partial charge in [-0.15, -0.1) is 0 Å². The summed E-state index contributed by atoms with van der Waals surface area (Å²) in [7, 11) is 1.82. The molecule has 19 heavy (non-hydrogen) atoms. The van der Waals surface area contributed by atoms with Gasteiger partial charge < -0.3 is 0 Å². The molecule has 0 amide bonds. The molecular formula is C15H30IN2O-. The van der Waals surface area contributed by atoms with Crippen LogP contribution in [0.25, 0.3) is 0 Å². The van der Waals surface area contributed by atoms with Crippen LogP contribution in [0.5, 0.6) is 0 Å². The van der Waals surface area contributed by atoms with Crippen molar-refractivity contribution in [1.82, 2.24) is 10.6 Å². The molecule has 4 heteroatoms. The van der Waals surface area contributed by atoms with Crippen LogP contribution in [0.4, 0.5) is 0 Å². The maximum atomic E-state index is 9.87. The van der Waals surface area contributed by atoms with E-state index in [4.69, 9.17) is 0 Å². The van der Waals surface area contributed by atoms with Crippen molar-refractivity contribution in [3.05, 3.63) is 11.1 Å². The summed E-state index contributed by atoms with van der Waals surface area (Å²) in [4.78, 5) is 2.36. The second-order valence-electron chi connectivity index (χ2n) is 5.66. The molecule has 0 bridgehead atoms. The Labute approximate surface area is 128 Å². The molecule has 0 aliphatic heterocycles. The van der Waals surface area contributed by atoms with Crippen LogP contribution >= 0.6 is 0 Å². The molecule has 0 fully saturated rings. The molecule has 0 saturated heterocycles. The normalized spacial score (nSPS) is 23.7. The SMILES string of the molecule is CNC(O)C1=C(C)C[C@@H](CN[C@H](C)CC[I-]C)CC1. The van der Waals surface area contributed by atoms with Gasteiger partial charge in [-0.25, -0.2) is 0 Å². The van der Waals surface area contributed by atoms with Crippen LogP contribution in [0.2, 0.25) is 0 Å². The zero-order valence-corrected chi connectivity index (χ0v) is 15.0. The van der Waals surface area contributed by atoms with Crippen LogP contribution < -0.4 is 31.8 Å². The third kappa shape index (κ3) is 6.10. The van der Waals surface area contributed by atoms with Gasteiger partial charge in [0.2, 0.25) is 0 Å². The molecule has 3 atom stereocenters. The van der Waals surface area contributed by atoms with Crippen molar-refractivity contribution < 1.29 is 26.3 Å². The molecule has 1 rings (SSSR count). The zero-order chi connectivity index (χ0) is 14.3. The molecule has 0 aromatic heterocycles. The van der Waals surface area contributed by atoms with Crippen molar-refractivity contribution in [3.8, 4) is 0 Å². The predicted molar refractivity (Wildman–Crippen MR) is 78.0 cm³/mol. The molecule has 0 saturated carbocycles. The van der Waals surface area contributed by atoms with E-state index in [1.54, 1.807) is 0 Å². The number of rotatable bonds is 8. The Morgan fingerprint density at radius 1 is 1.47 bits per heavy atom. The molecule has 1 unspecified atom stereocenters. The fourth-order valence-electron chi connectivity index (χ4n) is 2.70. The number of aliphatic hydroxyl groups excluding tert-OH is 1. The average molecular weight is 381 g/mol. The average Bonchev–Trinajstić information content (AvgIpc) is 2.42. The van der Waals surface area contributed by atoms with Crippen molar-refractivity contribution in [2.24, 2.45) is 5.92 Å². The van der Waals surface area contributed by atoms with E-state index in [9.17, 15) is 5.11 Å². The fraction of sp³-hybridized carbons (Fsp3) is 0.867. The summed E-state index contributed by atoms with van der Waals surface area (Å²) in [5.41, 5.74) is 2.59. The minimum atomic E-state index is -0.443. The van der Waals surface area contributed by atoms with Gasteiger partial charge in [0, 0.05) is 0 Å². The number of likely N-dealkylation sites (N-methyl/N-ethyl adjacent to an activating group) is 1. The van der Waals surface area contributed by atoms with Crippen LogP contribution in [0.15, 0.2) is 11.1 Å². The maximum absolute atomic E-state index is 9.87. The first-order chi connectivity index (χ1) is 9.08. The summed E-state index contributed by atoms with van der Waals surface area (Å²) >= 11 is 0.442. The third-order valence-electron chi connectivity index (χ3n) is 4.05. The molecule has 3 N–H and O–H groups in total. The van der Waals surface area contributed by atoms with Gasteiger partial charge in [-0.3, -0.25) is 0 Å². The Hall–Kier alpha value is 0.350. The number of hydrogen-bond donors (Lipinski definition) is 3. The van der Waals surface area contributed by atoms with Gasteiger partial charge in [-0.2, -0.15) is 0 Å². The monoisotopic (exact) mass is 381 g/mol. The Morgan fingerprint density at radius 2 is 2.21 bits per heavy atom. The van der Waals surface area contributed by atoms with Crippen molar-refractivity contribution >= 4 is 0 Å². The molecule has 0 spiro atoms. The number of halogens is 1.